The highest BCUT2D eigenvalue weighted by Crippen LogP contribution is 2.34. The Labute approximate surface area is 141 Å². The van der Waals surface area contributed by atoms with Crippen molar-refractivity contribution >= 4 is 27.5 Å². The molecule has 0 unspecified atom stereocenters. The van der Waals surface area contributed by atoms with Crippen molar-refractivity contribution in [3.8, 4) is 0 Å². The van der Waals surface area contributed by atoms with Crippen molar-refractivity contribution in [2.75, 3.05) is 33.4 Å². The molecule has 0 spiro atoms. The Morgan fingerprint density at radius 3 is 2.71 bits per heavy atom. The number of amides is 1. The minimum Gasteiger partial charge on any atom is -0.383 e. The van der Waals surface area contributed by atoms with E-state index in [0.717, 1.165) is 17.4 Å². The number of hydrogen-bond acceptors (Lipinski definition) is 5. The van der Waals surface area contributed by atoms with Gasteiger partial charge in [0.25, 0.3) is 5.91 Å². The molecule has 1 amide bonds. The summed E-state index contributed by atoms with van der Waals surface area (Å²) in [7, 11) is 1.60. The Balaban J connectivity index is 2.06. The van der Waals surface area contributed by atoms with Gasteiger partial charge in [0.2, 0.25) is 0 Å². The lowest BCUT2D eigenvalue weighted by Crippen LogP contribution is -2.32. The molecule has 2 aromatic heterocycles. The van der Waals surface area contributed by atoms with Crippen LogP contribution in [-0.4, -0.2) is 44.2 Å². The number of fused-ring (bicyclic) bond motifs is 1. The van der Waals surface area contributed by atoms with Crippen LogP contribution in [-0.2, 0) is 10.9 Å². The average Bonchev–Trinajstić information content (AvgIpc) is 2.86. The molecule has 2 N–H and O–H groups in total. The van der Waals surface area contributed by atoms with Gasteiger partial charge in [-0.05, 0) is 24.6 Å². The molecule has 0 aliphatic rings. The summed E-state index contributed by atoms with van der Waals surface area (Å²) in [6.07, 6.45) is -4.50. The van der Waals surface area contributed by atoms with Crippen molar-refractivity contribution in [1.82, 2.24) is 15.6 Å². The fourth-order valence-corrected chi connectivity index (χ4v) is 3.21. The molecular formula is C15H18F3N3O2S. The van der Waals surface area contributed by atoms with Gasteiger partial charge in [0.1, 0.15) is 10.5 Å². The molecule has 2 heterocycles. The van der Waals surface area contributed by atoms with Crippen LogP contribution in [0.25, 0.3) is 10.2 Å². The predicted molar refractivity (Wildman–Crippen MR) is 86.4 cm³/mol. The number of pyridine rings is 1. The van der Waals surface area contributed by atoms with Crippen molar-refractivity contribution in [1.29, 1.82) is 0 Å². The number of methoxy groups -OCH3 is 1. The quantitative estimate of drug-likeness (QED) is 0.744. The number of carbonyl (C=O) groups excluding carboxylic acids is 1. The zero-order valence-electron chi connectivity index (χ0n) is 13.3. The van der Waals surface area contributed by atoms with E-state index >= 15 is 0 Å². The van der Waals surface area contributed by atoms with Crippen molar-refractivity contribution in [3.63, 3.8) is 0 Å². The maximum absolute atomic E-state index is 12.7. The van der Waals surface area contributed by atoms with E-state index in [1.807, 2.05) is 0 Å². The third-order valence-corrected chi connectivity index (χ3v) is 4.57. The molecule has 0 fully saturated rings. The summed E-state index contributed by atoms with van der Waals surface area (Å²) < 4.78 is 43.1. The van der Waals surface area contributed by atoms with Crippen LogP contribution in [0.4, 0.5) is 13.2 Å². The number of nitrogens with one attached hydrogen (secondary N) is 2. The molecule has 0 saturated heterocycles. The van der Waals surface area contributed by atoms with Crippen LogP contribution in [0.15, 0.2) is 12.1 Å². The van der Waals surface area contributed by atoms with Crippen LogP contribution in [0.3, 0.4) is 0 Å². The van der Waals surface area contributed by atoms with Gasteiger partial charge >= 0.3 is 6.18 Å². The van der Waals surface area contributed by atoms with E-state index in [1.165, 1.54) is 6.07 Å². The van der Waals surface area contributed by atoms with Crippen molar-refractivity contribution in [2.24, 2.45) is 0 Å². The summed E-state index contributed by atoms with van der Waals surface area (Å²) in [6, 6.07) is 2.30. The number of carbonyl (C=O) groups is 1. The van der Waals surface area contributed by atoms with Crippen LogP contribution in [0, 0.1) is 6.92 Å². The number of ether oxygens (including phenoxy) is 1. The first-order chi connectivity index (χ1) is 11.3. The number of thiophene rings is 1. The summed E-state index contributed by atoms with van der Waals surface area (Å²) in [6.45, 7) is 3.96. The number of aryl methyl sites for hydroxylation is 1. The van der Waals surface area contributed by atoms with Crippen molar-refractivity contribution < 1.29 is 22.7 Å². The normalized spacial score (nSPS) is 11.9. The zero-order chi connectivity index (χ0) is 17.7. The number of aromatic nitrogens is 1. The number of rotatable bonds is 7. The van der Waals surface area contributed by atoms with Gasteiger partial charge in [0.05, 0.1) is 11.5 Å². The number of alkyl halides is 3. The summed E-state index contributed by atoms with van der Waals surface area (Å²) in [5.41, 5.74) is -0.313. The molecule has 2 rings (SSSR count). The molecule has 0 aliphatic heterocycles. The smallest absolute Gasteiger partial charge is 0.383 e. The lowest BCUT2D eigenvalue weighted by Gasteiger charge is -2.06. The molecule has 0 atom stereocenters. The van der Waals surface area contributed by atoms with Gasteiger partial charge in [-0.25, -0.2) is 4.98 Å². The molecule has 24 heavy (non-hydrogen) atoms. The highest BCUT2D eigenvalue weighted by atomic mass is 32.1. The molecule has 0 bridgehead atoms. The predicted octanol–water partition coefficient (Wildman–Crippen LogP) is 2.59. The minimum absolute atomic E-state index is 0.214. The van der Waals surface area contributed by atoms with Gasteiger partial charge in [-0.2, -0.15) is 13.2 Å². The van der Waals surface area contributed by atoms with E-state index in [-0.39, 0.29) is 10.7 Å². The Morgan fingerprint density at radius 1 is 1.29 bits per heavy atom. The summed E-state index contributed by atoms with van der Waals surface area (Å²) >= 11 is 0.971. The van der Waals surface area contributed by atoms with Crippen LogP contribution in [0.1, 0.15) is 20.9 Å². The highest BCUT2D eigenvalue weighted by Gasteiger charge is 2.33. The molecule has 0 radical (unpaired) electrons. The number of nitrogens with zero attached hydrogens (tertiary/aromatic N) is 1. The number of hydrogen-bond donors (Lipinski definition) is 2. The maximum Gasteiger partial charge on any atom is 0.433 e. The second-order valence-electron chi connectivity index (χ2n) is 5.10. The van der Waals surface area contributed by atoms with Gasteiger partial charge in [0, 0.05) is 32.1 Å². The zero-order valence-corrected chi connectivity index (χ0v) is 14.1. The van der Waals surface area contributed by atoms with Crippen LogP contribution in [0.5, 0.6) is 0 Å². The van der Waals surface area contributed by atoms with Gasteiger partial charge in [-0.1, -0.05) is 0 Å². The van der Waals surface area contributed by atoms with Crippen LogP contribution < -0.4 is 10.6 Å². The third kappa shape index (κ3) is 4.43. The van der Waals surface area contributed by atoms with E-state index < -0.39 is 11.9 Å². The van der Waals surface area contributed by atoms with Gasteiger partial charge in [-0.15, -0.1) is 11.3 Å². The SMILES string of the molecule is COCCNCCNC(=O)c1sc2nc(C(F)(F)F)ccc2c1C. The van der Waals surface area contributed by atoms with Gasteiger partial charge < -0.3 is 15.4 Å². The Morgan fingerprint density at radius 2 is 2.04 bits per heavy atom. The molecule has 0 aliphatic carbocycles. The molecular weight excluding hydrogens is 343 g/mol. The largest absolute Gasteiger partial charge is 0.433 e. The average molecular weight is 361 g/mol. The molecule has 2 aromatic rings. The lowest BCUT2D eigenvalue weighted by atomic mass is 10.2. The van der Waals surface area contributed by atoms with E-state index in [4.69, 9.17) is 4.74 Å². The Kier molecular flexibility index (Phi) is 6.14. The molecule has 5 nitrogen and oxygen atoms in total. The fraction of sp³-hybridized carbons (Fsp3) is 0.467. The van der Waals surface area contributed by atoms with E-state index in [1.54, 1.807) is 14.0 Å². The fourth-order valence-electron chi connectivity index (χ4n) is 2.12. The first-order valence-electron chi connectivity index (χ1n) is 7.29. The van der Waals surface area contributed by atoms with E-state index in [0.29, 0.717) is 42.1 Å². The van der Waals surface area contributed by atoms with Crippen LogP contribution in [0.2, 0.25) is 0 Å². The van der Waals surface area contributed by atoms with Crippen molar-refractivity contribution in [3.05, 3.63) is 28.3 Å². The first-order valence-corrected chi connectivity index (χ1v) is 8.11. The first kappa shape index (κ1) is 18.6. The maximum atomic E-state index is 12.7. The molecule has 9 heteroatoms. The lowest BCUT2D eigenvalue weighted by molar-refractivity contribution is -0.140. The molecule has 0 aromatic carbocycles. The van der Waals surface area contributed by atoms with Crippen LogP contribution >= 0.6 is 11.3 Å². The second kappa shape index (κ2) is 7.91. The summed E-state index contributed by atoms with van der Waals surface area (Å²) in [5.74, 6) is -0.308. The molecule has 132 valence electrons. The topological polar surface area (TPSA) is 63.2 Å². The van der Waals surface area contributed by atoms with Gasteiger partial charge in [0.15, 0.2) is 0 Å². The van der Waals surface area contributed by atoms with Gasteiger partial charge in [-0.3, -0.25) is 4.79 Å². The molecule has 0 saturated carbocycles. The standard InChI is InChI=1S/C15H18F3N3O2S/c1-9-10-3-4-11(15(16,17)18)21-14(10)24-12(9)13(22)20-6-5-19-7-8-23-2/h3-4,19H,5-8H2,1-2H3,(H,20,22). The van der Waals surface area contributed by atoms with E-state index in [2.05, 4.69) is 15.6 Å². The second-order valence-corrected chi connectivity index (χ2v) is 6.10. The highest BCUT2D eigenvalue weighted by molar-refractivity contribution is 7.20. The van der Waals surface area contributed by atoms with Crippen molar-refractivity contribution in [2.45, 2.75) is 13.1 Å². The monoisotopic (exact) mass is 361 g/mol. The third-order valence-electron chi connectivity index (χ3n) is 3.37. The minimum atomic E-state index is -4.50. The Hall–Kier alpha value is -1.71. The summed E-state index contributed by atoms with van der Waals surface area (Å²) in [4.78, 5) is 16.4. The Bertz CT molecular complexity index is 716. The number of halogens is 3. The summed E-state index contributed by atoms with van der Waals surface area (Å²) in [5, 5.41) is 6.39. The van der Waals surface area contributed by atoms with E-state index in [9.17, 15) is 18.0 Å².